The molecule has 0 aromatic carbocycles. The van der Waals surface area contributed by atoms with Crippen LogP contribution in [0.1, 0.15) is 19.3 Å². The van der Waals surface area contributed by atoms with Gasteiger partial charge in [0.15, 0.2) is 0 Å². The van der Waals surface area contributed by atoms with Gasteiger partial charge in [0.2, 0.25) is 5.91 Å². The van der Waals surface area contributed by atoms with Gasteiger partial charge < -0.3 is 4.74 Å². The van der Waals surface area contributed by atoms with Crippen molar-refractivity contribution in [2.75, 3.05) is 13.2 Å². The highest BCUT2D eigenvalue weighted by molar-refractivity contribution is 5.93. The molecule has 4 heteroatoms. The van der Waals surface area contributed by atoms with Gasteiger partial charge in [-0.15, -0.1) is 0 Å². The third kappa shape index (κ3) is 1.42. The van der Waals surface area contributed by atoms with Crippen LogP contribution in [0.4, 0.5) is 4.79 Å². The Kier molecular flexibility index (Phi) is 1.75. The second kappa shape index (κ2) is 2.77. The van der Waals surface area contributed by atoms with Crippen LogP contribution in [-0.2, 0) is 9.53 Å². The summed E-state index contributed by atoms with van der Waals surface area (Å²) in [5, 5.41) is 0. The lowest BCUT2D eigenvalue weighted by atomic mass is 10.2. The second-order valence-corrected chi connectivity index (χ2v) is 3.31. The average molecular weight is 169 g/mol. The minimum absolute atomic E-state index is 0.0694. The van der Waals surface area contributed by atoms with Gasteiger partial charge in [0.25, 0.3) is 0 Å². The molecule has 12 heavy (non-hydrogen) atoms. The normalized spacial score (nSPS) is 22.7. The molecule has 0 bridgehead atoms. The van der Waals surface area contributed by atoms with Crippen LogP contribution in [-0.4, -0.2) is 30.1 Å². The molecule has 0 spiro atoms. The van der Waals surface area contributed by atoms with Gasteiger partial charge in [-0.25, -0.2) is 9.69 Å². The Morgan fingerprint density at radius 3 is 2.83 bits per heavy atom. The molecule has 1 saturated carbocycles. The lowest BCUT2D eigenvalue weighted by Crippen LogP contribution is -2.31. The summed E-state index contributed by atoms with van der Waals surface area (Å²) in [6, 6.07) is 0. The number of amides is 2. The maximum absolute atomic E-state index is 11.3. The zero-order valence-electron chi connectivity index (χ0n) is 6.78. The molecule has 1 saturated heterocycles. The number of cyclic esters (lactones) is 1. The first-order chi connectivity index (χ1) is 5.77. The third-order valence-electron chi connectivity index (χ3n) is 2.22. The van der Waals surface area contributed by atoms with Crippen LogP contribution in [0.15, 0.2) is 0 Å². The quantitative estimate of drug-likeness (QED) is 0.613. The first-order valence-electron chi connectivity index (χ1n) is 4.24. The maximum Gasteiger partial charge on any atom is 0.416 e. The molecule has 0 radical (unpaired) electrons. The summed E-state index contributed by atoms with van der Waals surface area (Å²) >= 11 is 0. The van der Waals surface area contributed by atoms with Crippen LogP contribution in [0, 0.1) is 5.92 Å². The molecule has 2 rings (SSSR count). The summed E-state index contributed by atoms with van der Waals surface area (Å²) in [4.78, 5) is 23.4. The van der Waals surface area contributed by atoms with Crippen molar-refractivity contribution < 1.29 is 14.3 Å². The Bertz CT molecular complexity index is 222. The number of imide groups is 1. The van der Waals surface area contributed by atoms with E-state index in [9.17, 15) is 9.59 Å². The fourth-order valence-electron chi connectivity index (χ4n) is 1.30. The van der Waals surface area contributed by atoms with Gasteiger partial charge in [-0.05, 0) is 18.8 Å². The Morgan fingerprint density at radius 2 is 2.33 bits per heavy atom. The molecule has 1 heterocycles. The highest BCUT2D eigenvalue weighted by Gasteiger charge is 2.32. The molecule has 66 valence electrons. The number of hydrogen-bond acceptors (Lipinski definition) is 3. The topological polar surface area (TPSA) is 46.6 Å². The van der Waals surface area contributed by atoms with Crippen molar-refractivity contribution >= 4 is 12.0 Å². The monoisotopic (exact) mass is 169 g/mol. The lowest BCUT2D eigenvalue weighted by Gasteiger charge is -2.09. The minimum atomic E-state index is -0.472. The van der Waals surface area contributed by atoms with Crippen molar-refractivity contribution in [3.8, 4) is 0 Å². The zero-order chi connectivity index (χ0) is 8.55. The lowest BCUT2D eigenvalue weighted by molar-refractivity contribution is -0.128. The maximum atomic E-state index is 11.3. The highest BCUT2D eigenvalue weighted by atomic mass is 16.6. The molecule has 0 aromatic rings. The van der Waals surface area contributed by atoms with Crippen molar-refractivity contribution in [1.29, 1.82) is 0 Å². The largest absolute Gasteiger partial charge is 0.447 e. The third-order valence-corrected chi connectivity index (χ3v) is 2.22. The number of hydrogen-bond donors (Lipinski definition) is 0. The zero-order valence-corrected chi connectivity index (χ0v) is 6.78. The highest BCUT2D eigenvalue weighted by Crippen LogP contribution is 2.33. The predicted octanol–water partition coefficient (Wildman–Crippen LogP) is 0.765. The van der Waals surface area contributed by atoms with Crippen LogP contribution in [0.5, 0.6) is 0 Å². The number of ether oxygens (including phenoxy) is 1. The molecule has 0 N–H and O–H groups in total. The van der Waals surface area contributed by atoms with Crippen molar-refractivity contribution in [1.82, 2.24) is 4.90 Å². The van der Waals surface area contributed by atoms with Crippen LogP contribution in [0.25, 0.3) is 0 Å². The molecular formula is C8H11NO3. The second-order valence-electron chi connectivity index (χ2n) is 3.31. The van der Waals surface area contributed by atoms with Crippen LogP contribution in [0.2, 0.25) is 0 Å². The van der Waals surface area contributed by atoms with Gasteiger partial charge >= 0.3 is 6.09 Å². The number of rotatable bonds is 2. The first kappa shape index (κ1) is 7.58. The van der Waals surface area contributed by atoms with E-state index in [2.05, 4.69) is 4.74 Å². The predicted molar refractivity (Wildman–Crippen MR) is 40.4 cm³/mol. The molecule has 2 aliphatic rings. The van der Waals surface area contributed by atoms with Gasteiger partial charge in [0.1, 0.15) is 6.61 Å². The minimum Gasteiger partial charge on any atom is -0.447 e. The van der Waals surface area contributed by atoms with E-state index in [0.717, 1.165) is 12.8 Å². The van der Waals surface area contributed by atoms with Crippen LogP contribution >= 0.6 is 0 Å². The van der Waals surface area contributed by atoms with E-state index in [1.165, 1.54) is 4.90 Å². The Labute approximate surface area is 70.5 Å². The van der Waals surface area contributed by atoms with Gasteiger partial charge in [-0.2, -0.15) is 0 Å². The molecular weight excluding hydrogens is 158 g/mol. The first-order valence-corrected chi connectivity index (χ1v) is 4.24. The smallest absolute Gasteiger partial charge is 0.416 e. The molecule has 0 unspecified atom stereocenters. The molecule has 1 aliphatic heterocycles. The van der Waals surface area contributed by atoms with Crippen molar-refractivity contribution in [2.24, 2.45) is 5.92 Å². The van der Waals surface area contributed by atoms with E-state index in [1.807, 2.05) is 0 Å². The van der Waals surface area contributed by atoms with E-state index < -0.39 is 6.09 Å². The van der Waals surface area contributed by atoms with Gasteiger partial charge in [0.05, 0.1) is 6.54 Å². The number of nitrogens with zero attached hydrogens (tertiary/aromatic N) is 1. The van der Waals surface area contributed by atoms with E-state index in [-0.39, 0.29) is 5.91 Å². The van der Waals surface area contributed by atoms with E-state index >= 15 is 0 Å². The summed E-state index contributed by atoms with van der Waals surface area (Å²) in [6.07, 6.45) is 2.32. The van der Waals surface area contributed by atoms with E-state index in [4.69, 9.17) is 0 Å². The number of carbonyl (C=O) groups excluding carboxylic acids is 2. The SMILES string of the molecule is O=C(CC1CC1)N1CCOC1=O. The van der Waals surface area contributed by atoms with E-state index in [1.54, 1.807) is 0 Å². The summed E-state index contributed by atoms with van der Waals surface area (Å²) in [5.74, 6) is 0.464. The molecule has 4 nitrogen and oxygen atoms in total. The van der Waals surface area contributed by atoms with Gasteiger partial charge in [0, 0.05) is 6.42 Å². The fraction of sp³-hybridized carbons (Fsp3) is 0.750. The molecule has 0 aromatic heterocycles. The molecule has 2 fully saturated rings. The Morgan fingerprint density at radius 1 is 1.58 bits per heavy atom. The summed E-state index contributed by atoms with van der Waals surface area (Å²) in [7, 11) is 0. The van der Waals surface area contributed by atoms with Crippen molar-refractivity contribution in [3.63, 3.8) is 0 Å². The van der Waals surface area contributed by atoms with Crippen LogP contribution < -0.4 is 0 Å². The summed E-state index contributed by atoms with van der Waals surface area (Å²) < 4.78 is 4.65. The van der Waals surface area contributed by atoms with E-state index in [0.29, 0.717) is 25.5 Å². The molecule has 2 amide bonds. The molecule has 1 aliphatic carbocycles. The van der Waals surface area contributed by atoms with Crippen molar-refractivity contribution in [2.45, 2.75) is 19.3 Å². The van der Waals surface area contributed by atoms with Crippen molar-refractivity contribution in [3.05, 3.63) is 0 Å². The van der Waals surface area contributed by atoms with Gasteiger partial charge in [-0.3, -0.25) is 4.79 Å². The van der Waals surface area contributed by atoms with Crippen LogP contribution in [0.3, 0.4) is 0 Å². The number of carbonyl (C=O) groups is 2. The fourth-order valence-corrected chi connectivity index (χ4v) is 1.30. The van der Waals surface area contributed by atoms with Gasteiger partial charge in [-0.1, -0.05) is 0 Å². The Balaban J connectivity index is 1.88. The summed E-state index contributed by atoms with van der Waals surface area (Å²) in [6.45, 7) is 0.791. The molecule has 0 atom stereocenters. The standard InChI is InChI=1S/C8H11NO3/c10-7(5-6-1-2-6)9-3-4-12-8(9)11/h6H,1-5H2. The average Bonchev–Trinajstić information content (AvgIpc) is 2.72. The Hall–Kier alpha value is -1.06. The summed E-state index contributed by atoms with van der Waals surface area (Å²) in [5.41, 5.74) is 0.